The molecule has 116 valence electrons. The smallest absolute Gasteiger partial charge is 0.251 e. The zero-order chi connectivity index (χ0) is 15.8. The van der Waals surface area contributed by atoms with Crippen LogP contribution in [-0.2, 0) is 16.1 Å². The van der Waals surface area contributed by atoms with Crippen molar-refractivity contribution in [2.24, 2.45) is 0 Å². The van der Waals surface area contributed by atoms with Crippen molar-refractivity contribution in [3.63, 3.8) is 0 Å². The molecule has 0 aliphatic carbocycles. The molecule has 2 rings (SSSR count). The highest BCUT2D eigenvalue weighted by molar-refractivity contribution is 5.76. The van der Waals surface area contributed by atoms with Gasteiger partial charge in [0, 0.05) is 31.0 Å². The van der Waals surface area contributed by atoms with Gasteiger partial charge in [-0.25, -0.2) is 0 Å². The highest BCUT2D eigenvalue weighted by Crippen LogP contribution is 2.28. The molecule has 1 aromatic rings. The number of carbonyl (C=O) groups excluding carboxylic acids is 1. The predicted octanol–water partition coefficient (Wildman–Crippen LogP) is 0.846. The number of anilines is 1. The van der Waals surface area contributed by atoms with E-state index in [0.29, 0.717) is 18.8 Å². The number of nitrogens with two attached hydrogens (primary N) is 1. The van der Waals surface area contributed by atoms with Crippen molar-refractivity contribution >= 4 is 11.6 Å². The second kappa shape index (κ2) is 5.18. The van der Waals surface area contributed by atoms with Crippen LogP contribution in [0.2, 0.25) is 0 Å². The van der Waals surface area contributed by atoms with E-state index in [1.54, 1.807) is 4.90 Å². The third-order valence-electron chi connectivity index (χ3n) is 3.36. The van der Waals surface area contributed by atoms with Crippen molar-refractivity contribution in [1.82, 2.24) is 9.47 Å². The monoisotopic (exact) mass is 293 g/mol. The van der Waals surface area contributed by atoms with Gasteiger partial charge in [0.05, 0.1) is 11.2 Å². The fourth-order valence-corrected chi connectivity index (χ4v) is 2.88. The Morgan fingerprint density at radius 3 is 2.38 bits per heavy atom. The van der Waals surface area contributed by atoms with Gasteiger partial charge in [-0.05, 0) is 33.8 Å². The van der Waals surface area contributed by atoms with Crippen LogP contribution >= 0.6 is 0 Å². The van der Waals surface area contributed by atoms with E-state index in [0.717, 1.165) is 0 Å². The van der Waals surface area contributed by atoms with Crippen LogP contribution in [0.15, 0.2) is 23.1 Å². The third-order valence-corrected chi connectivity index (χ3v) is 3.36. The summed E-state index contributed by atoms with van der Waals surface area (Å²) in [6, 6.07) is 2.90. The zero-order valence-corrected chi connectivity index (χ0v) is 13.0. The molecule has 0 atom stereocenters. The van der Waals surface area contributed by atoms with E-state index >= 15 is 0 Å². The molecule has 0 unspecified atom stereocenters. The number of pyridine rings is 1. The standard InChI is InChI=1S/C15H23N3O3/c1-14(2)9-18(10-15(3,4)21-14)13(20)8-17-7-11(16)5-6-12(17)19/h5-7H,8-10,16H2,1-4H3. The summed E-state index contributed by atoms with van der Waals surface area (Å²) in [5.41, 5.74) is 5.08. The number of carbonyl (C=O) groups is 1. The van der Waals surface area contributed by atoms with Crippen LogP contribution < -0.4 is 11.3 Å². The first-order chi connectivity index (χ1) is 9.58. The van der Waals surface area contributed by atoms with Gasteiger partial charge in [-0.3, -0.25) is 9.59 Å². The van der Waals surface area contributed by atoms with Gasteiger partial charge >= 0.3 is 0 Å². The number of rotatable bonds is 2. The van der Waals surface area contributed by atoms with E-state index in [1.807, 2.05) is 27.7 Å². The van der Waals surface area contributed by atoms with Crippen molar-refractivity contribution in [3.05, 3.63) is 28.7 Å². The average molecular weight is 293 g/mol. The SMILES string of the molecule is CC1(C)CN(C(=O)Cn2cc(N)ccc2=O)CC(C)(C)O1. The van der Waals surface area contributed by atoms with Crippen LogP contribution in [-0.4, -0.2) is 39.7 Å². The number of ether oxygens (including phenoxy) is 1. The minimum atomic E-state index is -0.405. The van der Waals surface area contributed by atoms with E-state index in [4.69, 9.17) is 10.5 Å². The maximum atomic E-state index is 12.5. The highest BCUT2D eigenvalue weighted by Gasteiger charge is 2.39. The molecular weight excluding hydrogens is 270 g/mol. The molecule has 0 bridgehead atoms. The van der Waals surface area contributed by atoms with Crippen LogP contribution in [0.1, 0.15) is 27.7 Å². The normalized spacial score (nSPS) is 20.3. The Morgan fingerprint density at radius 1 is 1.24 bits per heavy atom. The van der Waals surface area contributed by atoms with Crippen molar-refractivity contribution in [2.75, 3.05) is 18.8 Å². The van der Waals surface area contributed by atoms with Crippen molar-refractivity contribution in [1.29, 1.82) is 0 Å². The van der Waals surface area contributed by atoms with Crippen LogP contribution in [0.5, 0.6) is 0 Å². The summed E-state index contributed by atoms with van der Waals surface area (Å²) >= 11 is 0. The Labute approximate surface area is 124 Å². The lowest BCUT2D eigenvalue weighted by Gasteiger charge is -2.47. The molecule has 0 aromatic carbocycles. The number of nitrogens with zero attached hydrogens (tertiary/aromatic N) is 2. The molecular formula is C15H23N3O3. The second-order valence-corrected chi connectivity index (χ2v) is 6.80. The third kappa shape index (κ3) is 3.85. The minimum Gasteiger partial charge on any atom is -0.398 e. The Morgan fingerprint density at radius 2 is 1.81 bits per heavy atom. The van der Waals surface area contributed by atoms with Crippen LogP contribution in [0.4, 0.5) is 5.69 Å². The van der Waals surface area contributed by atoms with Crippen molar-refractivity contribution in [2.45, 2.75) is 45.4 Å². The van der Waals surface area contributed by atoms with Gasteiger partial charge in [-0.1, -0.05) is 0 Å². The Balaban J connectivity index is 2.16. The first kappa shape index (κ1) is 15.6. The van der Waals surface area contributed by atoms with Crippen LogP contribution in [0.3, 0.4) is 0 Å². The second-order valence-electron chi connectivity index (χ2n) is 6.80. The lowest BCUT2D eigenvalue weighted by molar-refractivity contribution is -0.188. The van der Waals surface area contributed by atoms with Gasteiger partial charge in [-0.2, -0.15) is 0 Å². The summed E-state index contributed by atoms with van der Waals surface area (Å²) in [5, 5.41) is 0. The predicted molar refractivity (Wildman–Crippen MR) is 80.9 cm³/mol. The fraction of sp³-hybridized carbons (Fsp3) is 0.600. The molecule has 0 spiro atoms. The highest BCUT2D eigenvalue weighted by atomic mass is 16.5. The number of morpholine rings is 1. The lowest BCUT2D eigenvalue weighted by Crippen LogP contribution is -2.59. The number of hydrogen-bond donors (Lipinski definition) is 1. The molecule has 6 nitrogen and oxygen atoms in total. The largest absolute Gasteiger partial charge is 0.398 e. The number of aromatic nitrogens is 1. The van der Waals surface area contributed by atoms with E-state index < -0.39 is 11.2 Å². The van der Waals surface area contributed by atoms with Gasteiger partial charge in [0.2, 0.25) is 5.91 Å². The molecule has 1 amide bonds. The first-order valence-corrected chi connectivity index (χ1v) is 7.02. The summed E-state index contributed by atoms with van der Waals surface area (Å²) in [6.45, 7) is 8.85. The Hall–Kier alpha value is -1.82. The minimum absolute atomic E-state index is 0.00394. The average Bonchev–Trinajstić information content (AvgIpc) is 2.30. The number of nitrogen functional groups attached to an aromatic ring is 1. The van der Waals surface area contributed by atoms with Gasteiger partial charge < -0.3 is 19.9 Å². The van der Waals surface area contributed by atoms with E-state index in [-0.39, 0.29) is 18.0 Å². The molecule has 1 fully saturated rings. The molecule has 1 saturated heterocycles. The number of amides is 1. The summed E-state index contributed by atoms with van der Waals surface area (Å²) < 4.78 is 7.29. The lowest BCUT2D eigenvalue weighted by atomic mass is 9.99. The van der Waals surface area contributed by atoms with E-state index in [9.17, 15) is 9.59 Å². The quantitative estimate of drug-likeness (QED) is 0.877. The Kier molecular flexibility index (Phi) is 3.84. The molecule has 21 heavy (non-hydrogen) atoms. The number of hydrogen-bond acceptors (Lipinski definition) is 4. The molecule has 2 N–H and O–H groups in total. The fourth-order valence-electron chi connectivity index (χ4n) is 2.88. The topological polar surface area (TPSA) is 77.6 Å². The van der Waals surface area contributed by atoms with E-state index in [2.05, 4.69) is 0 Å². The van der Waals surface area contributed by atoms with Crippen LogP contribution in [0.25, 0.3) is 0 Å². The maximum absolute atomic E-state index is 12.5. The molecule has 0 saturated carbocycles. The molecule has 1 aliphatic rings. The summed E-state index contributed by atoms with van der Waals surface area (Å²) in [4.78, 5) is 26.0. The van der Waals surface area contributed by atoms with Crippen molar-refractivity contribution < 1.29 is 9.53 Å². The maximum Gasteiger partial charge on any atom is 0.251 e. The zero-order valence-electron chi connectivity index (χ0n) is 13.0. The van der Waals surface area contributed by atoms with Gasteiger partial charge in [0.1, 0.15) is 6.54 Å². The first-order valence-electron chi connectivity index (χ1n) is 7.02. The summed E-state index contributed by atoms with van der Waals surface area (Å²) in [7, 11) is 0. The molecule has 1 aromatic heterocycles. The summed E-state index contributed by atoms with van der Waals surface area (Å²) in [5.74, 6) is -0.104. The molecule has 1 aliphatic heterocycles. The molecule has 0 radical (unpaired) electrons. The van der Waals surface area contributed by atoms with Gasteiger partial charge in [-0.15, -0.1) is 0 Å². The molecule has 2 heterocycles. The van der Waals surface area contributed by atoms with Gasteiger partial charge in [0.15, 0.2) is 0 Å². The van der Waals surface area contributed by atoms with Gasteiger partial charge in [0.25, 0.3) is 5.56 Å². The van der Waals surface area contributed by atoms with E-state index in [1.165, 1.54) is 22.9 Å². The van der Waals surface area contributed by atoms with Crippen LogP contribution in [0, 0.1) is 0 Å². The summed E-state index contributed by atoms with van der Waals surface area (Å²) in [6.07, 6.45) is 1.50. The Bertz CT molecular complexity index is 588. The molecule has 6 heteroatoms. The van der Waals surface area contributed by atoms with Crippen molar-refractivity contribution in [3.8, 4) is 0 Å².